The molecule has 1 amide bonds. The number of nitrogens with one attached hydrogen (secondary N) is 1. The number of rotatable bonds is 9. The summed E-state index contributed by atoms with van der Waals surface area (Å²) in [5.41, 5.74) is 0.378. The molecule has 2 N–H and O–H groups in total. The van der Waals surface area contributed by atoms with Crippen molar-refractivity contribution in [3.05, 3.63) is 29.8 Å². The number of ether oxygens (including phenoxy) is 2. The first kappa shape index (κ1) is 19.0. The van der Waals surface area contributed by atoms with Gasteiger partial charge >= 0.3 is 5.97 Å². The van der Waals surface area contributed by atoms with Gasteiger partial charge in [-0.15, -0.1) is 0 Å². The Balaban J connectivity index is 2.66. The molecule has 1 rings (SSSR count). The van der Waals surface area contributed by atoms with Gasteiger partial charge in [0.1, 0.15) is 5.75 Å². The van der Waals surface area contributed by atoms with E-state index in [9.17, 15) is 14.7 Å². The lowest BCUT2D eigenvalue weighted by Gasteiger charge is -2.19. The second kappa shape index (κ2) is 9.84. The minimum absolute atomic E-state index is 0.182. The third-order valence-corrected chi connectivity index (χ3v) is 3.19. The molecule has 0 spiro atoms. The summed E-state index contributed by atoms with van der Waals surface area (Å²) in [5.74, 6) is -0.424. The maximum absolute atomic E-state index is 12.2. The van der Waals surface area contributed by atoms with Crippen molar-refractivity contribution < 1.29 is 24.2 Å². The van der Waals surface area contributed by atoms with E-state index in [4.69, 9.17) is 9.47 Å². The van der Waals surface area contributed by atoms with Gasteiger partial charge in [-0.1, -0.05) is 13.3 Å². The zero-order valence-electron chi connectivity index (χ0n) is 13.9. The third-order valence-electron chi connectivity index (χ3n) is 3.19. The Labute approximate surface area is 136 Å². The summed E-state index contributed by atoms with van der Waals surface area (Å²) in [7, 11) is 0. The molecule has 0 saturated carbocycles. The second-order valence-corrected chi connectivity index (χ2v) is 5.17. The van der Waals surface area contributed by atoms with Crippen molar-refractivity contribution in [1.29, 1.82) is 0 Å². The highest BCUT2D eigenvalue weighted by Crippen LogP contribution is 2.13. The van der Waals surface area contributed by atoms with Crippen LogP contribution < -0.4 is 10.1 Å². The van der Waals surface area contributed by atoms with E-state index in [-0.39, 0.29) is 6.61 Å². The standard InChI is InChI=1S/C17H25NO5/c1-4-6-11-23-14-9-7-13(8-10-14)16(20)18-15(12(3)19)17(21)22-5-2/h7-10,12,15,19H,4-6,11H2,1-3H3,(H,18,20)/t12-,15+/m1/s1. The first-order valence-corrected chi connectivity index (χ1v) is 7.88. The van der Waals surface area contributed by atoms with Gasteiger partial charge in [-0.25, -0.2) is 4.79 Å². The number of aliphatic hydroxyl groups is 1. The van der Waals surface area contributed by atoms with E-state index in [1.165, 1.54) is 6.92 Å². The molecule has 0 aliphatic carbocycles. The number of carbonyl (C=O) groups is 2. The summed E-state index contributed by atoms with van der Waals surface area (Å²) >= 11 is 0. The van der Waals surface area contributed by atoms with Crippen molar-refractivity contribution in [2.24, 2.45) is 0 Å². The minimum atomic E-state index is -1.09. The van der Waals surface area contributed by atoms with Crippen molar-refractivity contribution in [3.8, 4) is 5.75 Å². The highest BCUT2D eigenvalue weighted by Gasteiger charge is 2.27. The number of hydrogen-bond acceptors (Lipinski definition) is 5. The fourth-order valence-electron chi connectivity index (χ4n) is 1.87. The Morgan fingerprint density at radius 1 is 1.22 bits per heavy atom. The van der Waals surface area contributed by atoms with Gasteiger partial charge in [-0.05, 0) is 44.5 Å². The molecule has 0 heterocycles. The monoisotopic (exact) mass is 323 g/mol. The van der Waals surface area contributed by atoms with Crippen LogP contribution in [-0.4, -0.2) is 42.3 Å². The lowest BCUT2D eigenvalue weighted by Crippen LogP contribution is -2.48. The lowest BCUT2D eigenvalue weighted by atomic mass is 10.1. The predicted octanol–water partition coefficient (Wildman–Crippen LogP) is 1.91. The molecule has 0 bridgehead atoms. The van der Waals surface area contributed by atoms with Crippen LogP contribution in [0, 0.1) is 0 Å². The van der Waals surface area contributed by atoms with Crippen molar-refractivity contribution >= 4 is 11.9 Å². The molecule has 0 unspecified atom stereocenters. The van der Waals surface area contributed by atoms with Crippen molar-refractivity contribution in [2.75, 3.05) is 13.2 Å². The topological polar surface area (TPSA) is 84.9 Å². The summed E-state index contributed by atoms with van der Waals surface area (Å²) in [5, 5.41) is 12.1. The Morgan fingerprint density at radius 2 is 1.87 bits per heavy atom. The van der Waals surface area contributed by atoms with Crippen LogP contribution in [0.3, 0.4) is 0 Å². The number of carbonyl (C=O) groups excluding carboxylic acids is 2. The highest BCUT2D eigenvalue weighted by molar-refractivity contribution is 5.97. The summed E-state index contributed by atoms with van der Waals surface area (Å²) in [4.78, 5) is 23.9. The van der Waals surface area contributed by atoms with Crippen molar-refractivity contribution in [3.63, 3.8) is 0 Å². The second-order valence-electron chi connectivity index (χ2n) is 5.17. The van der Waals surface area contributed by atoms with Gasteiger partial charge in [0.05, 0.1) is 19.3 Å². The van der Waals surface area contributed by atoms with Crippen LogP contribution in [0.1, 0.15) is 44.0 Å². The van der Waals surface area contributed by atoms with E-state index >= 15 is 0 Å². The molecule has 0 aromatic heterocycles. The Bertz CT molecular complexity index is 498. The zero-order chi connectivity index (χ0) is 17.2. The molecule has 6 heteroatoms. The highest BCUT2D eigenvalue weighted by atomic mass is 16.5. The number of benzene rings is 1. The first-order valence-electron chi connectivity index (χ1n) is 7.88. The van der Waals surface area contributed by atoms with Gasteiger partial charge in [-0.2, -0.15) is 0 Å². The van der Waals surface area contributed by atoms with E-state index in [0.29, 0.717) is 17.9 Å². The van der Waals surface area contributed by atoms with Crippen LogP contribution in [0.5, 0.6) is 5.75 Å². The molecule has 6 nitrogen and oxygen atoms in total. The van der Waals surface area contributed by atoms with Crippen LogP contribution in [0.15, 0.2) is 24.3 Å². The third kappa shape index (κ3) is 6.28. The van der Waals surface area contributed by atoms with Gasteiger partial charge in [0.15, 0.2) is 6.04 Å². The fourth-order valence-corrected chi connectivity index (χ4v) is 1.87. The normalized spacial score (nSPS) is 13.0. The quantitative estimate of drug-likeness (QED) is 0.535. The van der Waals surface area contributed by atoms with Crippen LogP contribution in [0.4, 0.5) is 0 Å². The molecule has 0 saturated heterocycles. The van der Waals surface area contributed by atoms with Crippen molar-refractivity contribution in [2.45, 2.75) is 45.8 Å². The van der Waals surface area contributed by atoms with E-state index in [1.807, 2.05) is 0 Å². The molecule has 0 aliphatic rings. The summed E-state index contributed by atoms with van der Waals surface area (Å²) in [6, 6.07) is 5.53. The Morgan fingerprint density at radius 3 is 2.39 bits per heavy atom. The first-order chi connectivity index (χ1) is 11.0. The van der Waals surface area contributed by atoms with Gasteiger partial charge in [-0.3, -0.25) is 4.79 Å². The molecule has 2 atom stereocenters. The van der Waals surface area contributed by atoms with Gasteiger partial charge in [0.25, 0.3) is 5.91 Å². The maximum Gasteiger partial charge on any atom is 0.331 e. The van der Waals surface area contributed by atoms with E-state index in [0.717, 1.165) is 12.8 Å². The summed E-state index contributed by atoms with van der Waals surface area (Å²) in [6.45, 7) is 5.98. The Kier molecular flexibility index (Phi) is 8.11. The molecular weight excluding hydrogens is 298 g/mol. The minimum Gasteiger partial charge on any atom is -0.494 e. The average Bonchev–Trinajstić information content (AvgIpc) is 2.53. The molecule has 0 fully saturated rings. The van der Waals surface area contributed by atoms with Gasteiger partial charge < -0.3 is 19.9 Å². The smallest absolute Gasteiger partial charge is 0.331 e. The average molecular weight is 323 g/mol. The number of esters is 1. The van der Waals surface area contributed by atoms with Crippen molar-refractivity contribution in [1.82, 2.24) is 5.32 Å². The molecule has 1 aromatic carbocycles. The van der Waals surface area contributed by atoms with Gasteiger partial charge in [0.2, 0.25) is 0 Å². The number of hydrogen-bond donors (Lipinski definition) is 2. The van der Waals surface area contributed by atoms with Crippen LogP contribution in [0.2, 0.25) is 0 Å². The zero-order valence-corrected chi connectivity index (χ0v) is 13.9. The van der Waals surface area contributed by atoms with Crippen LogP contribution >= 0.6 is 0 Å². The predicted molar refractivity (Wildman–Crippen MR) is 86.4 cm³/mol. The number of amides is 1. The summed E-state index contributed by atoms with van der Waals surface area (Å²) < 4.78 is 10.4. The molecule has 23 heavy (non-hydrogen) atoms. The molecule has 0 aliphatic heterocycles. The lowest BCUT2D eigenvalue weighted by molar-refractivity contribution is -0.148. The van der Waals surface area contributed by atoms with Crippen LogP contribution in [0.25, 0.3) is 0 Å². The number of aliphatic hydroxyl groups excluding tert-OH is 1. The molecule has 0 radical (unpaired) electrons. The van der Waals surface area contributed by atoms with Crippen LogP contribution in [-0.2, 0) is 9.53 Å². The molecule has 128 valence electrons. The van der Waals surface area contributed by atoms with E-state index in [1.54, 1.807) is 31.2 Å². The SMILES string of the molecule is CCCCOc1ccc(C(=O)N[C@H](C(=O)OCC)[C@@H](C)O)cc1. The van der Waals surface area contributed by atoms with Gasteiger partial charge in [0, 0.05) is 5.56 Å². The molecular formula is C17H25NO5. The Hall–Kier alpha value is -2.08. The fraction of sp³-hybridized carbons (Fsp3) is 0.529. The summed E-state index contributed by atoms with van der Waals surface area (Å²) in [6.07, 6.45) is 0.974. The maximum atomic E-state index is 12.2. The number of unbranched alkanes of at least 4 members (excludes halogenated alkanes) is 1. The molecule has 1 aromatic rings. The van der Waals surface area contributed by atoms with E-state index < -0.39 is 24.0 Å². The largest absolute Gasteiger partial charge is 0.494 e. The van der Waals surface area contributed by atoms with E-state index in [2.05, 4.69) is 12.2 Å².